The van der Waals surface area contributed by atoms with Crippen LogP contribution < -0.4 is 11.5 Å². The number of nitrogens with two attached hydrogens (primary N) is 2. The highest BCUT2D eigenvalue weighted by Crippen LogP contribution is 2.28. The highest BCUT2D eigenvalue weighted by molar-refractivity contribution is 6.30. The Morgan fingerprint density at radius 1 is 1.47 bits per heavy atom. The predicted octanol–water partition coefficient (Wildman–Crippen LogP) is 0.510. The molecular formula is C9H7ClN6O3. The van der Waals surface area contributed by atoms with Crippen molar-refractivity contribution in [3.63, 3.8) is 0 Å². The van der Waals surface area contributed by atoms with E-state index in [1.54, 1.807) is 0 Å². The molecule has 0 spiro atoms. The summed E-state index contributed by atoms with van der Waals surface area (Å²) in [5.41, 5.74) is 10.1. The van der Waals surface area contributed by atoms with Crippen LogP contribution in [0.4, 0.5) is 11.5 Å². The minimum Gasteiger partial charge on any atom is -0.382 e. The molecule has 19 heavy (non-hydrogen) atoms. The fraction of sp³-hybridized carbons (Fsp3) is 0. The van der Waals surface area contributed by atoms with Gasteiger partial charge in [-0.15, -0.1) is 5.10 Å². The predicted molar refractivity (Wildman–Crippen MR) is 66.0 cm³/mol. The zero-order valence-corrected chi connectivity index (χ0v) is 10.0. The third kappa shape index (κ3) is 2.18. The van der Waals surface area contributed by atoms with Gasteiger partial charge in [0.15, 0.2) is 11.5 Å². The van der Waals surface area contributed by atoms with Crippen molar-refractivity contribution >= 4 is 29.0 Å². The van der Waals surface area contributed by atoms with Gasteiger partial charge in [-0.2, -0.15) is 4.68 Å². The Hall–Kier alpha value is -2.68. The first kappa shape index (κ1) is 12.8. The molecule has 0 saturated heterocycles. The van der Waals surface area contributed by atoms with E-state index in [-0.39, 0.29) is 27.9 Å². The van der Waals surface area contributed by atoms with Crippen LogP contribution in [-0.2, 0) is 0 Å². The minimum atomic E-state index is -0.875. The maximum Gasteiger partial charge on any atom is 0.296 e. The number of hydrogen-bond acceptors (Lipinski definition) is 6. The van der Waals surface area contributed by atoms with Gasteiger partial charge >= 0.3 is 0 Å². The summed E-state index contributed by atoms with van der Waals surface area (Å²) in [5, 5.41) is 18.2. The summed E-state index contributed by atoms with van der Waals surface area (Å²) < 4.78 is 0.953. The van der Waals surface area contributed by atoms with Gasteiger partial charge in [0.05, 0.1) is 4.92 Å². The smallest absolute Gasteiger partial charge is 0.296 e. The fourth-order valence-corrected chi connectivity index (χ4v) is 1.63. The number of halogens is 1. The molecular weight excluding hydrogens is 276 g/mol. The third-order valence-electron chi connectivity index (χ3n) is 2.30. The number of anilines is 1. The zero-order valence-electron chi connectivity index (χ0n) is 9.28. The molecule has 0 aliphatic heterocycles. The van der Waals surface area contributed by atoms with Gasteiger partial charge in [0.25, 0.3) is 11.6 Å². The van der Waals surface area contributed by atoms with Crippen LogP contribution >= 0.6 is 11.6 Å². The number of nitro groups is 1. The third-order valence-corrected chi connectivity index (χ3v) is 2.54. The van der Waals surface area contributed by atoms with Crippen LogP contribution in [0.25, 0.3) is 5.69 Å². The molecule has 1 amide bonds. The SMILES string of the molecule is NC(=O)c1nnn(-c2ccc(Cl)cc2[N+](=O)[O-])c1N. The lowest BCUT2D eigenvalue weighted by Crippen LogP contribution is -2.14. The first-order chi connectivity index (χ1) is 8.91. The van der Waals surface area contributed by atoms with E-state index in [1.807, 2.05) is 0 Å². The molecule has 2 rings (SSSR count). The normalized spacial score (nSPS) is 10.4. The van der Waals surface area contributed by atoms with Gasteiger partial charge < -0.3 is 11.5 Å². The summed E-state index contributed by atoms with van der Waals surface area (Å²) >= 11 is 5.69. The number of carbonyl (C=O) groups excluding carboxylic acids is 1. The molecule has 2 aromatic rings. The van der Waals surface area contributed by atoms with Crippen LogP contribution in [0.5, 0.6) is 0 Å². The van der Waals surface area contributed by atoms with Crippen LogP contribution in [0, 0.1) is 10.1 Å². The molecule has 0 aliphatic rings. The van der Waals surface area contributed by atoms with Gasteiger partial charge in [-0.3, -0.25) is 14.9 Å². The van der Waals surface area contributed by atoms with E-state index < -0.39 is 10.8 Å². The van der Waals surface area contributed by atoms with E-state index in [2.05, 4.69) is 10.3 Å². The minimum absolute atomic E-state index is 0.0342. The van der Waals surface area contributed by atoms with Gasteiger partial charge in [0, 0.05) is 11.1 Å². The molecule has 0 radical (unpaired) electrons. The topological polar surface area (TPSA) is 143 Å². The van der Waals surface area contributed by atoms with Gasteiger partial charge in [0.2, 0.25) is 0 Å². The molecule has 1 aromatic heterocycles. The van der Waals surface area contributed by atoms with Crippen LogP contribution in [0.15, 0.2) is 18.2 Å². The number of rotatable bonds is 3. The molecule has 10 heteroatoms. The number of primary amides is 1. The lowest BCUT2D eigenvalue weighted by molar-refractivity contribution is -0.384. The summed E-state index contributed by atoms with van der Waals surface area (Å²) in [5.74, 6) is -1.06. The molecule has 0 aliphatic carbocycles. The van der Waals surface area contributed by atoms with Crippen LogP contribution in [0.2, 0.25) is 5.02 Å². The van der Waals surface area contributed by atoms with Crippen molar-refractivity contribution in [2.45, 2.75) is 0 Å². The van der Waals surface area contributed by atoms with E-state index in [9.17, 15) is 14.9 Å². The number of nitrogen functional groups attached to an aromatic ring is 1. The number of benzene rings is 1. The van der Waals surface area contributed by atoms with Gasteiger partial charge in [-0.1, -0.05) is 16.8 Å². The monoisotopic (exact) mass is 282 g/mol. The molecule has 0 saturated carbocycles. The van der Waals surface area contributed by atoms with E-state index in [1.165, 1.54) is 12.1 Å². The summed E-state index contributed by atoms with van der Waals surface area (Å²) in [7, 11) is 0. The Kier molecular flexibility index (Phi) is 3.05. The number of hydrogen-bond donors (Lipinski definition) is 2. The maximum absolute atomic E-state index is 11.0. The highest BCUT2D eigenvalue weighted by Gasteiger charge is 2.22. The average molecular weight is 283 g/mol. The van der Waals surface area contributed by atoms with Crippen molar-refractivity contribution in [2.24, 2.45) is 5.73 Å². The lowest BCUT2D eigenvalue weighted by Gasteiger charge is -2.04. The standard InChI is InChI=1S/C9H7ClN6O3/c10-4-1-2-5(6(3-4)16(18)19)15-8(11)7(9(12)17)13-14-15/h1-3H,11H2,(H2,12,17). The molecule has 9 nitrogen and oxygen atoms in total. The summed E-state index contributed by atoms with van der Waals surface area (Å²) in [6.07, 6.45) is 0. The number of nitrogens with zero attached hydrogens (tertiary/aromatic N) is 4. The van der Waals surface area contributed by atoms with E-state index in [0.717, 1.165) is 10.7 Å². The molecule has 0 unspecified atom stereocenters. The number of carbonyl (C=O) groups is 1. The Morgan fingerprint density at radius 3 is 2.68 bits per heavy atom. The first-order valence-corrected chi connectivity index (χ1v) is 5.25. The second-order valence-electron chi connectivity index (χ2n) is 3.49. The summed E-state index contributed by atoms with van der Waals surface area (Å²) in [6.45, 7) is 0. The van der Waals surface area contributed by atoms with E-state index >= 15 is 0 Å². The van der Waals surface area contributed by atoms with Crippen molar-refractivity contribution in [2.75, 3.05) is 5.73 Å². The van der Waals surface area contributed by atoms with Crippen LogP contribution in [0.3, 0.4) is 0 Å². The van der Waals surface area contributed by atoms with Crippen molar-refractivity contribution in [3.8, 4) is 5.69 Å². The molecule has 1 heterocycles. The average Bonchev–Trinajstić information content (AvgIpc) is 2.71. The van der Waals surface area contributed by atoms with Crippen LogP contribution in [0.1, 0.15) is 10.5 Å². The lowest BCUT2D eigenvalue weighted by atomic mass is 10.2. The van der Waals surface area contributed by atoms with Crippen molar-refractivity contribution in [3.05, 3.63) is 39.0 Å². The Balaban J connectivity index is 2.66. The number of aromatic nitrogens is 3. The number of amides is 1. The Labute approximate surface area is 110 Å². The molecule has 98 valence electrons. The van der Waals surface area contributed by atoms with Crippen molar-refractivity contribution < 1.29 is 9.72 Å². The zero-order chi connectivity index (χ0) is 14.2. The maximum atomic E-state index is 11.0. The second kappa shape index (κ2) is 4.53. The molecule has 0 fully saturated rings. The van der Waals surface area contributed by atoms with Gasteiger partial charge in [-0.05, 0) is 12.1 Å². The Morgan fingerprint density at radius 2 is 2.16 bits per heavy atom. The number of nitro benzene ring substituents is 1. The summed E-state index contributed by atoms with van der Waals surface area (Å²) in [6, 6.07) is 3.91. The molecule has 0 bridgehead atoms. The van der Waals surface area contributed by atoms with E-state index in [4.69, 9.17) is 23.1 Å². The van der Waals surface area contributed by atoms with Gasteiger partial charge in [-0.25, -0.2) is 0 Å². The van der Waals surface area contributed by atoms with Crippen molar-refractivity contribution in [1.82, 2.24) is 15.0 Å². The summed E-state index contributed by atoms with van der Waals surface area (Å²) in [4.78, 5) is 21.3. The fourth-order valence-electron chi connectivity index (χ4n) is 1.46. The van der Waals surface area contributed by atoms with E-state index in [0.29, 0.717) is 0 Å². The molecule has 1 aromatic carbocycles. The van der Waals surface area contributed by atoms with Crippen molar-refractivity contribution in [1.29, 1.82) is 0 Å². The molecule has 4 N–H and O–H groups in total. The largest absolute Gasteiger partial charge is 0.382 e. The van der Waals surface area contributed by atoms with Crippen LogP contribution in [-0.4, -0.2) is 25.8 Å². The van der Waals surface area contributed by atoms with Gasteiger partial charge in [0.1, 0.15) is 5.69 Å². The quantitative estimate of drug-likeness (QED) is 0.620. The Bertz CT molecular complexity index is 683. The molecule has 0 atom stereocenters. The second-order valence-corrected chi connectivity index (χ2v) is 3.93. The first-order valence-electron chi connectivity index (χ1n) is 4.87. The highest BCUT2D eigenvalue weighted by atomic mass is 35.5.